The molecule has 0 rings (SSSR count). The first kappa shape index (κ1) is 15.9. The SMILES string of the molecule is CCCCC(=O)N(N=O)[C@H](C(=O)O)C(C)(C)S. The molecule has 17 heavy (non-hydrogen) atoms. The van der Waals surface area contributed by atoms with E-state index in [9.17, 15) is 14.5 Å². The fourth-order valence-corrected chi connectivity index (χ4v) is 1.61. The highest BCUT2D eigenvalue weighted by Gasteiger charge is 2.41. The molecule has 0 aromatic rings. The zero-order chi connectivity index (χ0) is 13.6. The molecule has 0 unspecified atom stereocenters. The first-order valence-corrected chi connectivity index (χ1v) is 5.81. The number of hydrogen-bond donors (Lipinski definition) is 2. The smallest absolute Gasteiger partial charge is 0.330 e. The molecule has 0 bridgehead atoms. The lowest BCUT2D eigenvalue weighted by atomic mass is 10.0. The first-order chi connectivity index (χ1) is 7.75. The van der Waals surface area contributed by atoms with Crippen LogP contribution in [-0.2, 0) is 9.59 Å². The fourth-order valence-electron chi connectivity index (χ4n) is 1.39. The predicted octanol–water partition coefficient (Wildman–Crippen LogP) is 1.85. The Morgan fingerprint density at radius 2 is 2.00 bits per heavy atom. The molecule has 0 aromatic carbocycles. The highest BCUT2D eigenvalue weighted by molar-refractivity contribution is 7.81. The van der Waals surface area contributed by atoms with Gasteiger partial charge in [0.2, 0.25) is 5.91 Å². The summed E-state index contributed by atoms with van der Waals surface area (Å²) < 4.78 is -1.05. The highest BCUT2D eigenvalue weighted by atomic mass is 32.1. The van der Waals surface area contributed by atoms with Gasteiger partial charge in [0.1, 0.15) is 0 Å². The van der Waals surface area contributed by atoms with Gasteiger partial charge in [0.25, 0.3) is 0 Å². The summed E-state index contributed by atoms with van der Waals surface area (Å²) in [7, 11) is 0. The second-order valence-electron chi connectivity index (χ2n) is 4.32. The van der Waals surface area contributed by atoms with E-state index in [0.717, 1.165) is 6.42 Å². The van der Waals surface area contributed by atoms with E-state index in [2.05, 4.69) is 17.9 Å². The number of carboxylic acids is 1. The third kappa shape index (κ3) is 4.72. The van der Waals surface area contributed by atoms with Gasteiger partial charge in [-0.25, -0.2) is 4.79 Å². The molecule has 0 aliphatic rings. The Kier molecular flexibility index (Phi) is 6.15. The molecule has 0 fully saturated rings. The van der Waals surface area contributed by atoms with E-state index >= 15 is 0 Å². The van der Waals surface area contributed by atoms with Gasteiger partial charge in [-0.05, 0) is 20.3 Å². The highest BCUT2D eigenvalue weighted by Crippen LogP contribution is 2.24. The van der Waals surface area contributed by atoms with Gasteiger partial charge in [0.15, 0.2) is 6.04 Å². The lowest BCUT2D eigenvalue weighted by molar-refractivity contribution is -0.151. The molecule has 0 saturated heterocycles. The Balaban J connectivity index is 4.99. The number of hydrogen-bond acceptors (Lipinski definition) is 5. The first-order valence-electron chi connectivity index (χ1n) is 5.36. The fraction of sp³-hybridized carbons (Fsp3) is 0.800. The topological polar surface area (TPSA) is 87.0 Å². The van der Waals surface area contributed by atoms with Crippen molar-refractivity contribution in [3.63, 3.8) is 0 Å². The molecule has 0 aliphatic carbocycles. The van der Waals surface area contributed by atoms with E-state index in [1.165, 1.54) is 13.8 Å². The van der Waals surface area contributed by atoms with Gasteiger partial charge in [-0.2, -0.15) is 17.6 Å². The van der Waals surface area contributed by atoms with E-state index in [-0.39, 0.29) is 6.42 Å². The number of carboxylic acid groups (broad SMARTS) is 1. The molecule has 1 N–H and O–H groups in total. The Hall–Kier alpha value is -1.11. The summed E-state index contributed by atoms with van der Waals surface area (Å²) in [6.07, 6.45) is 1.47. The van der Waals surface area contributed by atoms with Crippen LogP contribution in [0.3, 0.4) is 0 Å². The maximum absolute atomic E-state index is 11.7. The molecule has 1 atom stereocenters. The normalized spacial score (nSPS) is 12.9. The third-order valence-electron chi connectivity index (χ3n) is 2.24. The van der Waals surface area contributed by atoms with Crippen LogP contribution in [-0.4, -0.2) is 32.8 Å². The second kappa shape index (κ2) is 6.58. The molecule has 1 amide bonds. The van der Waals surface area contributed by atoms with Crippen molar-refractivity contribution < 1.29 is 14.7 Å². The van der Waals surface area contributed by atoms with Gasteiger partial charge in [-0.15, -0.1) is 4.91 Å². The zero-order valence-electron chi connectivity index (χ0n) is 10.2. The van der Waals surface area contributed by atoms with Gasteiger partial charge in [-0.1, -0.05) is 13.3 Å². The molecule has 0 radical (unpaired) electrons. The van der Waals surface area contributed by atoms with Crippen molar-refractivity contribution in [2.45, 2.75) is 50.8 Å². The average Bonchev–Trinajstić information content (AvgIpc) is 2.19. The van der Waals surface area contributed by atoms with Crippen LogP contribution in [0.2, 0.25) is 0 Å². The van der Waals surface area contributed by atoms with Crippen molar-refractivity contribution in [2.75, 3.05) is 0 Å². The largest absolute Gasteiger partial charge is 0.480 e. The summed E-state index contributed by atoms with van der Waals surface area (Å²) in [5, 5.41) is 12.1. The minimum atomic E-state index is -1.37. The number of unbranched alkanes of at least 4 members (excludes halogenated alkanes) is 1. The Morgan fingerprint density at radius 1 is 1.47 bits per heavy atom. The number of carbonyl (C=O) groups is 2. The standard InChI is InChI=1S/C10H18N2O4S/c1-4-5-6-7(13)12(11-16)8(9(14)15)10(2,3)17/h8,17H,4-6H2,1-3H3,(H,14,15)/t8-/m1/s1. The number of nitroso groups, excluding NO2 is 1. The maximum Gasteiger partial charge on any atom is 0.330 e. The number of amides is 1. The van der Waals surface area contributed by atoms with Crippen LogP contribution < -0.4 is 0 Å². The summed E-state index contributed by atoms with van der Waals surface area (Å²) in [5.74, 6) is -1.88. The molecule has 6 nitrogen and oxygen atoms in total. The van der Waals surface area contributed by atoms with Crippen LogP contribution in [0.1, 0.15) is 40.0 Å². The summed E-state index contributed by atoms with van der Waals surface area (Å²) >= 11 is 4.09. The van der Waals surface area contributed by atoms with Crippen molar-refractivity contribution in [2.24, 2.45) is 5.29 Å². The number of thiol groups is 1. The lowest BCUT2D eigenvalue weighted by Gasteiger charge is -2.30. The molecular weight excluding hydrogens is 244 g/mol. The van der Waals surface area contributed by atoms with Crippen LogP contribution in [0.15, 0.2) is 5.29 Å². The maximum atomic E-state index is 11.7. The van der Waals surface area contributed by atoms with Gasteiger partial charge in [-0.3, -0.25) is 4.79 Å². The Morgan fingerprint density at radius 3 is 2.29 bits per heavy atom. The molecule has 7 heteroatoms. The molecule has 0 aromatic heterocycles. The number of rotatable bonds is 7. The van der Waals surface area contributed by atoms with Gasteiger partial charge in [0, 0.05) is 11.2 Å². The average molecular weight is 262 g/mol. The third-order valence-corrected chi connectivity index (χ3v) is 2.48. The van der Waals surface area contributed by atoms with E-state index < -0.39 is 22.7 Å². The quantitative estimate of drug-likeness (QED) is 0.416. The summed E-state index contributed by atoms with van der Waals surface area (Å²) in [6, 6.07) is -1.37. The molecule has 0 spiro atoms. The lowest BCUT2D eigenvalue weighted by Crippen LogP contribution is -2.51. The monoisotopic (exact) mass is 262 g/mol. The van der Waals surface area contributed by atoms with E-state index in [0.29, 0.717) is 11.4 Å². The van der Waals surface area contributed by atoms with Crippen LogP contribution in [0.5, 0.6) is 0 Å². The zero-order valence-corrected chi connectivity index (χ0v) is 11.1. The number of carbonyl (C=O) groups excluding carboxylic acids is 1. The Bertz CT molecular complexity index is 301. The second-order valence-corrected chi connectivity index (χ2v) is 5.47. The van der Waals surface area contributed by atoms with Crippen molar-refractivity contribution in [3.05, 3.63) is 4.91 Å². The van der Waals surface area contributed by atoms with Crippen LogP contribution >= 0.6 is 12.6 Å². The van der Waals surface area contributed by atoms with Gasteiger partial charge >= 0.3 is 5.97 Å². The Labute approximate surface area is 106 Å². The molecular formula is C10H18N2O4S. The van der Waals surface area contributed by atoms with Crippen molar-refractivity contribution in [3.8, 4) is 0 Å². The number of aliphatic carboxylic acids is 1. The van der Waals surface area contributed by atoms with E-state index in [1.807, 2.05) is 6.92 Å². The minimum absolute atomic E-state index is 0.107. The summed E-state index contributed by atoms with van der Waals surface area (Å²) in [5.41, 5.74) is 0. The van der Waals surface area contributed by atoms with Gasteiger partial charge < -0.3 is 5.11 Å². The predicted molar refractivity (Wildman–Crippen MR) is 66.7 cm³/mol. The summed E-state index contributed by atoms with van der Waals surface area (Å²) in [4.78, 5) is 33.4. The number of nitrogens with zero attached hydrogens (tertiary/aromatic N) is 2. The van der Waals surface area contributed by atoms with Crippen molar-refractivity contribution in [1.29, 1.82) is 0 Å². The minimum Gasteiger partial charge on any atom is -0.480 e. The van der Waals surface area contributed by atoms with Crippen molar-refractivity contribution in [1.82, 2.24) is 5.01 Å². The van der Waals surface area contributed by atoms with Crippen LogP contribution in [0.25, 0.3) is 0 Å². The van der Waals surface area contributed by atoms with E-state index in [1.54, 1.807) is 0 Å². The summed E-state index contributed by atoms with van der Waals surface area (Å²) in [6.45, 7) is 4.92. The van der Waals surface area contributed by atoms with Gasteiger partial charge in [0.05, 0.1) is 5.29 Å². The molecule has 98 valence electrons. The molecule has 0 saturated carbocycles. The molecule has 0 aliphatic heterocycles. The molecule has 0 heterocycles. The van der Waals surface area contributed by atoms with Crippen LogP contribution in [0.4, 0.5) is 0 Å². The van der Waals surface area contributed by atoms with Crippen LogP contribution in [0, 0.1) is 4.91 Å². The van der Waals surface area contributed by atoms with Crippen molar-refractivity contribution >= 4 is 24.5 Å². The van der Waals surface area contributed by atoms with E-state index in [4.69, 9.17) is 5.11 Å².